The van der Waals surface area contributed by atoms with Crippen molar-refractivity contribution in [3.05, 3.63) is 53.6 Å². The van der Waals surface area contributed by atoms with Crippen LogP contribution in [0.2, 0.25) is 0 Å². The van der Waals surface area contributed by atoms with Gasteiger partial charge in [0.2, 0.25) is 0 Å². The van der Waals surface area contributed by atoms with E-state index in [2.05, 4.69) is 18.6 Å². The Kier molecular flexibility index (Phi) is 7.68. The molecule has 148 valence electrons. The zero-order chi connectivity index (χ0) is 19.9. The lowest BCUT2D eigenvalue weighted by Gasteiger charge is -2.13. The van der Waals surface area contributed by atoms with E-state index in [1.807, 2.05) is 25.1 Å². The van der Waals surface area contributed by atoms with Gasteiger partial charge in [0, 0.05) is 7.11 Å². The number of rotatable bonds is 10. The van der Waals surface area contributed by atoms with Gasteiger partial charge in [0.05, 0.1) is 17.2 Å². The largest absolute Gasteiger partial charge is 0.491 e. The number of hydrogen-bond donors (Lipinski definition) is 1. The molecule has 2 aromatic carbocycles. The van der Waals surface area contributed by atoms with E-state index in [0.29, 0.717) is 30.6 Å². The molecule has 0 aromatic heterocycles. The first-order chi connectivity index (χ1) is 12.8. The summed E-state index contributed by atoms with van der Waals surface area (Å²) >= 11 is 0. The average Bonchev–Trinajstić information content (AvgIpc) is 2.62. The van der Waals surface area contributed by atoms with Crippen molar-refractivity contribution in [2.45, 2.75) is 38.5 Å². The Morgan fingerprint density at radius 3 is 2.33 bits per heavy atom. The van der Waals surface area contributed by atoms with Crippen LogP contribution in [-0.2, 0) is 21.2 Å². The summed E-state index contributed by atoms with van der Waals surface area (Å²) in [6.07, 6.45) is 2.04. The fourth-order valence-corrected chi connectivity index (χ4v) is 3.71. The molecule has 0 bridgehead atoms. The number of methoxy groups -OCH3 is 1. The maximum absolute atomic E-state index is 12.7. The monoisotopic (exact) mass is 391 g/mol. The molecule has 0 unspecified atom stereocenters. The third-order valence-corrected chi connectivity index (χ3v) is 5.62. The second-order valence-electron chi connectivity index (χ2n) is 7.00. The number of hydrogen-bond acceptors (Lipinski definition) is 4. The van der Waals surface area contributed by atoms with Gasteiger partial charge in [0.25, 0.3) is 10.0 Å². The summed E-state index contributed by atoms with van der Waals surface area (Å²) in [6, 6.07) is 12.4. The quantitative estimate of drug-likeness (QED) is 0.609. The Morgan fingerprint density at radius 1 is 1.04 bits per heavy atom. The van der Waals surface area contributed by atoms with Crippen LogP contribution < -0.4 is 9.46 Å². The van der Waals surface area contributed by atoms with Gasteiger partial charge in [-0.2, -0.15) is 0 Å². The van der Waals surface area contributed by atoms with Crippen molar-refractivity contribution in [2.24, 2.45) is 5.92 Å². The molecule has 0 saturated carbocycles. The van der Waals surface area contributed by atoms with Crippen LogP contribution in [0.15, 0.2) is 47.4 Å². The lowest BCUT2D eigenvalue weighted by Crippen LogP contribution is -2.14. The van der Waals surface area contributed by atoms with Crippen LogP contribution in [0, 0.1) is 12.8 Å². The molecule has 6 heteroatoms. The van der Waals surface area contributed by atoms with Gasteiger partial charge in [0.15, 0.2) is 0 Å². The Labute approximate surface area is 162 Å². The first-order valence-electron chi connectivity index (χ1n) is 9.16. The highest BCUT2D eigenvalue weighted by Gasteiger charge is 2.15. The lowest BCUT2D eigenvalue weighted by molar-refractivity contribution is 0.146. The van der Waals surface area contributed by atoms with E-state index in [-0.39, 0.29) is 4.90 Å². The van der Waals surface area contributed by atoms with Crippen molar-refractivity contribution < 1.29 is 17.9 Å². The molecular formula is C21H29NO4S. The van der Waals surface area contributed by atoms with E-state index >= 15 is 0 Å². The molecule has 0 heterocycles. The third-order valence-electron chi connectivity index (χ3n) is 4.24. The molecule has 0 spiro atoms. The molecule has 2 rings (SSSR count). The van der Waals surface area contributed by atoms with Crippen LogP contribution in [0.1, 0.15) is 31.4 Å². The molecular weight excluding hydrogens is 362 g/mol. The second-order valence-corrected chi connectivity index (χ2v) is 8.68. The van der Waals surface area contributed by atoms with E-state index in [1.165, 1.54) is 0 Å². The number of sulfonamides is 1. The molecule has 5 nitrogen and oxygen atoms in total. The Morgan fingerprint density at radius 2 is 1.74 bits per heavy atom. The van der Waals surface area contributed by atoms with Crippen LogP contribution in [0.4, 0.5) is 5.69 Å². The Hall–Kier alpha value is -2.05. The van der Waals surface area contributed by atoms with Gasteiger partial charge < -0.3 is 9.47 Å². The van der Waals surface area contributed by atoms with E-state index in [0.717, 1.165) is 24.0 Å². The molecule has 0 aliphatic carbocycles. The average molecular weight is 392 g/mol. The van der Waals surface area contributed by atoms with E-state index in [9.17, 15) is 8.42 Å². The van der Waals surface area contributed by atoms with E-state index in [4.69, 9.17) is 9.47 Å². The topological polar surface area (TPSA) is 64.6 Å². The Bertz CT molecular complexity index is 830. The summed E-state index contributed by atoms with van der Waals surface area (Å²) in [5.74, 6) is 1.31. The van der Waals surface area contributed by atoms with Crippen molar-refractivity contribution in [1.82, 2.24) is 0 Å². The van der Waals surface area contributed by atoms with Crippen LogP contribution in [0.25, 0.3) is 0 Å². The van der Waals surface area contributed by atoms with Gasteiger partial charge in [-0.15, -0.1) is 0 Å². The molecule has 0 aliphatic rings. The molecule has 0 saturated heterocycles. The first-order valence-corrected chi connectivity index (χ1v) is 10.6. The molecule has 0 aliphatic heterocycles. The van der Waals surface area contributed by atoms with Gasteiger partial charge in [0.1, 0.15) is 12.4 Å². The first kappa shape index (κ1) is 21.3. The predicted molar refractivity (Wildman–Crippen MR) is 109 cm³/mol. The molecule has 0 radical (unpaired) electrons. The number of aryl methyl sites for hydroxylation is 2. The smallest absolute Gasteiger partial charge is 0.261 e. The summed E-state index contributed by atoms with van der Waals surface area (Å²) < 4.78 is 38.5. The maximum atomic E-state index is 12.7. The summed E-state index contributed by atoms with van der Waals surface area (Å²) in [5, 5.41) is 0. The van der Waals surface area contributed by atoms with Crippen molar-refractivity contribution in [1.29, 1.82) is 0 Å². The van der Waals surface area contributed by atoms with Crippen LogP contribution in [0.3, 0.4) is 0 Å². The summed E-state index contributed by atoms with van der Waals surface area (Å²) in [7, 11) is -2.01. The minimum atomic E-state index is -3.63. The van der Waals surface area contributed by atoms with Crippen molar-refractivity contribution in [2.75, 3.05) is 25.0 Å². The number of anilines is 1. The van der Waals surface area contributed by atoms with Crippen molar-refractivity contribution >= 4 is 15.7 Å². The summed E-state index contributed by atoms with van der Waals surface area (Å²) in [6.45, 7) is 7.15. The van der Waals surface area contributed by atoms with Gasteiger partial charge >= 0.3 is 0 Å². The van der Waals surface area contributed by atoms with Crippen LogP contribution in [0.5, 0.6) is 5.75 Å². The van der Waals surface area contributed by atoms with Crippen molar-refractivity contribution in [3.8, 4) is 5.75 Å². The maximum Gasteiger partial charge on any atom is 0.261 e. The zero-order valence-electron chi connectivity index (χ0n) is 16.5. The van der Waals surface area contributed by atoms with Crippen LogP contribution >= 0.6 is 0 Å². The molecule has 2 aromatic rings. The van der Waals surface area contributed by atoms with Gasteiger partial charge in [-0.1, -0.05) is 26.0 Å². The Balaban J connectivity index is 2.07. The highest BCUT2D eigenvalue weighted by molar-refractivity contribution is 7.92. The molecule has 0 amide bonds. The molecule has 0 atom stereocenters. The summed E-state index contributed by atoms with van der Waals surface area (Å²) in [4.78, 5) is 0.260. The molecule has 0 fully saturated rings. The normalized spacial score (nSPS) is 11.6. The fraction of sp³-hybridized carbons (Fsp3) is 0.429. The third kappa shape index (κ3) is 6.56. The van der Waals surface area contributed by atoms with Gasteiger partial charge in [-0.05, 0) is 67.1 Å². The molecule has 1 N–H and O–H groups in total. The number of ether oxygens (including phenoxy) is 2. The number of benzene rings is 2. The fourth-order valence-electron chi connectivity index (χ4n) is 2.58. The van der Waals surface area contributed by atoms with E-state index < -0.39 is 10.0 Å². The second kappa shape index (κ2) is 9.76. The minimum absolute atomic E-state index is 0.260. The van der Waals surface area contributed by atoms with Gasteiger partial charge in [-0.25, -0.2) is 8.42 Å². The highest BCUT2D eigenvalue weighted by atomic mass is 32.2. The standard InChI is InChI=1S/C21H29NO4S/c1-16(2)5-6-18-7-10-20(11-8-18)27(23,24)22-21-12-9-19(15-17(21)3)26-14-13-25-4/h7-12,15-16,22H,5-6,13-14H2,1-4H3. The summed E-state index contributed by atoms with van der Waals surface area (Å²) in [5.41, 5.74) is 2.48. The minimum Gasteiger partial charge on any atom is -0.491 e. The van der Waals surface area contributed by atoms with Crippen LogP contribution in [-0.4, -0.2) is 28.7 Å². The zero-order valence-corrected chi connectivity index (χ0v) is 17.3. The van der Waals surface area contributed by atoms with E-state index in [1.54, 1.807) is 31.4 Å². The van der Waals surface area contributed by atoms with Crippen molar-refractivity contribution in [3.63, 3.8) is 0 Å². The number of nitrogens with one attached hydrogen (secondary N) is 1. The highest BCUT2D eigenvalue weighted by Crippen LogP contribution is 2.24. The predicted octanol–water partition coefficient (Wildman–Crippen LogP) is 4.41. The van der Waals surface area contributed by atoms with Gasteiger partial charge in [-0.3, -0.25) is 4.72 Å². The SMILES string of the molecule is COCCOc1ccc(NS(=O)(=O)c2ccc(CCC(C)C)cc2)c(C)c1. The molecule has 27 heavy (non-hydrogen) atoms. The lowest BCUT2D eigenvalue weighted by atomic mass is 10.0.